The number of nitrogens with one attached hydrogen (secondary N) is 1. The van der Waals surface area contributed by atoms with E-state index in [-0.39, 0.29) is 5.24 Å². The summed E-state index contributed by atoms with van der Waals surface area (Å²) in [7, 11) is 0. The van der Waals surface area contributed by atoms with Gasteiger partial charge in [-0.15, -0.1) is 5.10 Å². The van der Waals surface area contributed by atoms with Crippen molar-refractivity contribution < 1.29 is 9.59 Å². The van der Waals surface area contributed by atoms with Crippen molar-refractivity contribution in [2.45, 2.75) is 0 Å². The Morgan fingerprint density at radius 2 is 2.00 bits per heavy atom. The topological polar surface area (TPSA) is 76.9 Å². The SMILES string of the molecule is O=C1NC(=O)/C(=C\c2cnn(-c3ccccc3)n2)S1. The van der Waals surface area contributed by atoms with E-state index in [4.69, 9.17) is 0 Å². The lowest BCUT2D eigenvalue weighted by molar-refractivity contribution is -0.115. The molecule has 1 aromatic carbocycles. The minimum absolute atomic E-state index is 0.324. The van der Waals surface area contributed by atoms with Gasteiger partial charge in [-0.3, -0.25) is 14.9 Å². The van der Waals surface area contributed by atoms with E-state index in [1.54, 1.807) is 0 Å². The first-order valence-corrected chi connectivity index (χ1v) is 6.27. The Kier molecular flexibility index (Phi) is 2.88. The van der Waals surface area contributed by atoms with Gasteiger partial charge in [0.15, 0.2) is 0 Å². The van der Waals surface area contributed by atoms with Crippen molar-refractivity contribution in [3.63, 3.8) is 0 Å². The predicted octanol–water partition coefficient (Wildman–Crippen LogP) is 1.59. The molecule has 94 valence electrons. The molecule has 3 rings (SSSR count). The van der Waals surface area contributed by atoms with E-state index in [1.807, 2.05) is 30.3 Å². The number of aromatic nitrogens is 3. The number of rotatable bonds is 2. The molecule has 0 atom stereocenters. The molecular formula is C12H8N4O2S. The van der Waals surface area contributed by atoms with E-state index in [2.05, 4.69) is 15.5 Å². The standard InChI is InChI=1S/C12H8N4O2S/c17-11-10(19-12(18)14-11)6-8-7-13-16(15-8)9-4-2-1-3-5-9/h1-7H,(H,14,17,18)/b10-6+. The Labute approximate surface area is 112 Å². The maximum Gasteiger partial charge on any atom is 0.290 e. The molecule has 1 aromatic heterocycles. The lowest BCUT2D eigenvalue weighted by Gasteiger charge is -1.96. The number of carbonyl (C=O) groups excluding carboxylic acids is 2. The van der Waals surface area contributed by atoms with Crippen LogP contribution in [0.25, 0.3) is 11.8 Å². The number of benzene rings is 1. The molecule has 6 nitrogen and oxygen atoms in total. The van der Waals surface area contributed by atoms with Gasteiger partial charge in [0.1, 0.15) is 5.69 Å². The van der Waals surface area contributed by atoms with Crippen molar-refractivity contribution in [3.8, 4) is 5.69 Å². The van der Waals surface area contributed by atoms with Gasteiger partial charge in [-0.2, -0.15) is 9.90 Å². The molecule has 1 aliphatic rings. The molecule has 0 aliphatic carbocycles. The number of thioether (sulfide) groups is 1. The number of amides is 2. The molecule has 0 unspecified atom stereocenters. The fourth-order valence-electron chi connectivity index (χ4n) is 1.58. The van der Waals surface area contributed by atoms with Crippen LogP contribution < -0.4 is 5.32 Å². The number of imide groups is 1. The zero-order valence-corrected chi connectivity index (χ0v) is 10.4. The summed E-state index contributed by atoms with van der Waals surface area (Å²) in [6.45, 7) is 0. The Morgan fingerprint density at radius 3 is 2.68 bits per heavy atom. The Bertz CT molecular complexity index is 678. The van der Waals surface area contributed by atoms with E-state index in [9.17, 15) is 9.59 Å². The molecule has 7 heteroatoms. The van der Waals surface area contributed by atoms with Gasteiger partial charge in [0, 0.05) is 0 Å². The van der Waals surface area contributed by atoms with Crippen LogP contribution in [0.5, 0.6) is 0 Å². The Hall–Kier alpha value is -2.41. The van der Waals surface area contributed by atoms with Crippen molar-refractivity contribution in [3.05, 3.63) is 47.1 Å². The van der Waals surface area contributed by atoms with E-state index in [0.717, 1.165) is 17.4 Å². The second kappa shape index (κ2) is 4.69. The van der Waals surface area contributed by atoms with Gasteiger partial charge in [0.25, 0.3) is 11.1 Å². The van der Waals surface area contributed by atoms with Gasteiger partial charge in [-0.05, 0) is 30.0 Å². The highest BCUT2D eigenvalue weighted by molar-refractivity contribution is 8.18. The normalized spacial score (nSPS) is 16.9. The van der Waals surface area contributed by atoms with Crippen molar-refractivity contribution in [2.24, 2.45) is 0 Å². The molecule has 1 saturated heterocycles. The van der Waals surface area contributed by atoms with Gasteiger partial charge < -0.3 is 0 Å². The monoisotopic (exact) mass is 272 g/mol. The van der Waals surface area contributed by atoms with Crippen molar-refractivity contribution in [1.29, 1.82) is 0 Å². The van der Waals surface area contributed by atoms with Crippen molar-refractivity contribution in [2.75, 3.05) is 0 Å². The maximum atomic E-state index is 11.4. The van der Waals surface area contributed by atoms with Gasteiger partial charge in [0.2, 0.25) is 0 Å². The van der Waals surface area contributed by atoms with Crippen LogP contribution in [0, 0.1) is 0 Å². The fraction of sp³-hybridized carbons (Fsp3) is 0. The van der Waals surface area contributed by atoms with E-state index < -0.39 is 5.91 Å². The van der Waals surface area contributed by atoms with Crippen LogP contribution in [0.1, 0.15) is 5.69 Å². The van der Waals surface area contributed by atoms with Crippen molar-refractivity contribution >= 4 is 29.0 Å². The third-order valence-electron chi connectivity index (χ3n) is 2.42. The molecule has 1 N–H and O–H groups in total. The summed E-state index contributed by atoms with van der Waals surface area (Å²) in [6, 6.07) is 9.42. The van der Waals surface area contributed by atoms with Crippen LogP contribution in [0.3, 0.4) is 0 Å². The Morgan fingerprint density at radius 1 is 1.21 bits per heavy atom. The molecule has 0 spiro atoms. The average Bonchev–Trinajstić information content (AvgIpc) is 2.99. The molecule has 0 saturated carbocycles. The molecule has 0 bridgehead atoms. The van der Waals surface area contributed by atoms with Crippen LogP contribution in [-0.4, -0.2) is 26.1 Å². The van der Waals surface area contributed by atoms with Crippen LogP contribution in [0.2, 0.25) is 0 Å². The number of nitrogens with zero attached hydrogens (tertiary/aromatic N) is 3. The Balaban J connectivity index is 1.89. The minimum Gasteiger partial charge on any atom is -0.282 e. The first-order chi connectivity index (χ1) is 9.22. The molecule has 19 heavy (non-hydrogen) atoms. The second-order valence-electron chi connectivity index (χ2n) is 3.75. The van der Waals surface area contributed by atoms with E-state index in [1.165, 1.54) is 17.1 Å². The summed E-state index contributed by atoms with van der Waals surface area (Å²) in [5, 5.41) is 10.2. The number of hydrogen-bond donors (Lipinski definition) is 1. The number of para-hydroxylation sites is 1. The molecule has 2 amide bonds. The zero-order valence-electron chi connectivity index (χ0n) is 9.61. The summed E-state index contributed by atoms with van der Waals surface area (Å²) in [5.41, 5.74) is 1.35. The summed E-state index contributed by atoms with van der Waals surface area (Å²) >= 11 is 0.858. The molecule has 2 heterocycles. The summed E-state index contributed by atoms with van der Waals surface area (Å²) in [6.07, 6.45) is 3.08. The highest BCUT2D eigenvalue weighted by Crippen LogP contribution is 2.24. The molecule has 1 fully saturated rings. The lowest BCUT2D eigenvalue weighted by atomic mass is 10.3. The average molecular weight is 272 g/mol. The van der Waals surface area contributed by atoms with Gasteiger partial charge >= 0.3 is 0 Å². The zero-order chi connectivity index (χ0) is 13.2. The number of hydrogen-bond acceptors (Lipinski definition) is 5. The quantitative estimate of drug-likeness (QED) is 0.840. The van der Waals surface area contributed by atoms with Gasteiger partial charge in [-0.25, -0.2) is 0 Å². The minimum atomic E-state index is -0.399. The molecule has 1 aliphatic heterocycles. The van der Waals surface area contributed by atoms with E-state index in [0.29, 0.717) is 10.6 Å². The highest BCUT2D eigenvalue weighted by atomic mass is 32.2. The summed E-state index contributed by atoms with van der Waals surface area (Å²) in [5.74, 6) is -0.399. The van der Waals surface area contributed by atoms with Gasteiger partial charge in [-0.1, -0.05) is 18.2 Å². The lowest BCUT2D eigenvalue weighted by Crippen LogP contribution is -2.17. The van der Waals surface area contributed by atoms with Crippen LogP contribution in [-0.2, 0) is 4.79 Å². The summed E-state index contributed by atoms with van der Waals surface area (Å²) in [4.78, 5) is 24.2. The summed E-state index contributed by atoms with van der Waals surface area (Å²) < 4.78 is 0. The van der Waals surface area contributed by atoms with Crippen LogP contribution in [0.15, 0.2) is 41.4 Å². The third-order valence-corrected chi connectivity index (χ3v) is 3.23. The second-order valence-corrected chi connectivity index (χ2v) is 4.76. The first kappa shape index (κ1) is 11.7. The maximum absolute atomic E-state index is 11.4. The smallest absolute Gasteiger partial charge is 0.282 e. The van der Waals surface area contributed by atoms with E-state index >= 15 is 0 Å². The van der Waals surface area contributed by atoms with Crippen molar-refractivity contribution in [1.82, 2.24) is 20.3 Å². The first-order valence-electron chi connectivity index (χ1n) is 5.45. The fourth-order valence-corrected chi connectivity index (χ4v) is 2.25. The number of carbonyl (C=O) groups is 2. The molecular weight excluding hydrogens is 264 g/mol. The molecule has 0 radical (unpaired) electrons. The molecule has 2 aromatic rings. The van der Waals surface area contributed by atoms with Crippen LogP contribution >= 0.6 is 11.8 Å². The predicted molar refractivity (Wildman–Crippen MR) is 70.5 cm³/mol. The largest absolute Gasteiger partial charge is 0.290 e. The highest BCUT2D eigenvalue weighted by Gasteiger charge is 2.25. The van der Waals surface area contributed by atoms with Gasteiger partial charge in [0.05, 0.1) is 16.8 Å². The third kappa shape index (κ3) is 2.41. The van der Waals surface area contributed by atoms with Crippen LogP contribution in [0.4, 0.5) is 4.79 Å².